The molecule has 1 unspecified atom stereocenters. The zero-order valence-corrected chi connectivity index (χ0v) is 12.4. The number of halogens is 3. The van der Waals surface area contributed by atoms with Crippen molar-refractivity contribution < 1.29 is 8.78 Å². The highest BCUT2D eigenvalue weighted by Crippen LogP contribution is 2.31. The fourth-order valence-electron chi connectivity index (χ4n) is 2.47. The number of benzene rings is 1. The lowest BCUT2D eigenvalue weighted by atomic mass is 10.2. The molecule has 1 atom stereocenters. The molecule has 1 fully saturated rings. The molecule has 2 heterocycles. The summed E-state index contributed by atoms with van der Waals surface area (Å²) >= 11 is 2.07. The van der Waals surface area contributed by atoms with Crippen LogP contribution >= 0.6 is 22.6 Å². The predicted octanol–water partition coefficient (Wildman–Crippen LogP) is 2.76. The number of hydrogen-bond donors (Lipinski definition) is 1. The molecule has 1 N–H and O–H groups in total. The Bertz CT molecular complexity index is 585. The van der Waals surface area contributed by atoms with Crippen LogP contribution in [0.3, 0.4) is 0 Å². The lowest BCUT2D eigenvalue weighted by molar-refractivity contribution is 0.357. The maximum Gasteiger partial charge on any atom is 0.147 e. The Morgan fingerprint density at radius 1 is 1.37 bits per heavy atom. The van der Waals surface area contributed by atoms with E-state index in [4.69, 9.17) is 0 Å². The lowest BCUT2D eigenvalue weighted by Gasteiger charge is -2.34. The van der Waals surface area contributed by atoms with Gasteiger partial charge < -0.3 is 15.1 Å². The van der Waals surface area contributed by atoms with Crippen LogP contribution in [0.4, 0.5) is 14.5 Å². The zero-order valence-electron chi connectivity index (χ0n) is 10.2. The van der Waals surface area contributed by atoms with Crippen molar-refractivity contribution in [3.8, 4) is 0 Å². The first-order chi connectivity index (χ1) is 9.06. The summed E-state index contributed by atoms with van der Waals surface area (Å²) in [5.74, 6) is -0.565. The van der Waals surface area contributed by atoms with Crippen molar-refractivity contribution in [2.24, 2.45) is 0 Å². The minimum Gasteiger partial charge on any atom is -0.368 e. The van der Waals surface area contributed by atoms with Gasteiger partial charge >= 0.3 is 0 Å². The van der Waals surface area contributed by atoms with Crippen molar-refractivity contribution in [1.29, 1.82) is 0 Å². The van der Waals surface area contributed by atoms with E-state index in [0.717, 1.165) is 9.27 Å². The summed E-state index contributed by atoms with van der Waals surface area (Å²) < 4.78 is 28.3. The molecule has 2 aliphatic heterocycles. The molecule has 100 valence electrons. The Morgan fingerprint density at radius 3 is 2.89 bits per heavy atom. The van der Waals surface area contributed by atoms with Gasteiger partial charge in [-0.3, -0.25) is 0 Å². The molecular formula is C13H12F2IN3. The van der Waals surface area contributed by atoms with Gasteiger partial charge in [-0.2, -0.15) is 0 Å². The number of fused-ring (bicyclic) bond motifs is 1. The molecule has 0 amide bonds. The quantitative estimate of drug-likeness (QED) is 0.762. The number of likely N-dealkylation sites (N-methyl/N-ethyl adjacent to an activating group) is 1. The van der Waals surface area contributed by atoms with Gasteiger partial charge in [0.1, 0.15) is 17.8 Å². The molecule has 0 aliphatic carbocycles. The van der Waals surface area contributed by atoms with Crippen molar-refractivity contribution >= 4 is 28.3 Å². The van der Waals surface area contributed by atoms with E-state index < -0.39 is 0 Å². The van der Waals surface area contributed by atoms with Crippen LogP contribution in [0.5, 0.6) is 0 Å². The molecule has 0 radical (unpaired) electrons. The second-order valence-electron chi connectivity index (χ2n) is 4.55. The molecule has 1 aromatic carbocycles. The number of allylic oxidation sites excluding steroid dienone is 2. The van der Waals surface area contributed by atoms with Crippen molar-refractivity contribution in [1.82, 2.24) is 10.2 Å². The maximum absolute atomic E-state index is 14.1. The van der Waals surface area contributed by atoms with Gasteiger partial charge in [-0.25, -0.2) is 8.78 Å². The Morgan fingerprint density at radius 2 is 2.16 bits per heavy atom. The molecule has 0 spiro atoms. The van der Waals surface area contributed by atoms with Crippen LogP contribution in [0.15, 0.2) is 42.0 Å². The first kappa shape index (κ1) is 12.7. The fraction of sp³-hybridized carbons (Fsp3) is 0.231. The third-order valence-electron chi connectivity index (χ3n) is 3.25. The molecule has 0 bridgehead atoms. The summed E-state index contributed by atoms with van der Waals surface area (Å²) in [6.07, 6.45) is 2.68. The van der Waals surface area contributed by atoms with E-state index in [1.54, 1.807) is 18.0 Å². The number of nitrogens with one attached hydrogen (secondary N) is 1. The molecule has 2 aliphatic rings. The summed E-state index contributed by atoms with van der Waals surface area (Å²) in [7, 11) is 1.78. The summed E-state index contributed by atoms with van der Waals surface area (Å²) in [5, 5.41) is 3.11. The minimum absolute atomic E-state index is 0.186. The van der Waals surface area contributed by atoms with E-state index in [0.29, 0.717) is 12.4 Å². The second-order valence-corrected chi connectivity index (χ2v) is 5.80. The summed E-state index contributed by atoms with van der Waals surface area (Å²) in [4.78, 5) is 3.61. The third kappa shape index (κ3) is 2.18. The van der Waals surface area contributed by atoms with E-state index in [1.165, 1.54) is 18.3 Å². The van der Waals surface area contributed by atoms with Crippen LogP contribution in [-0.2, 0) is 0 Å². The van der Waals surface area contributed by atoms with Gasteiger partial charge in [0.15, 0.2) is 0 Å². The molecular weight excluding hydrogens is 363 g/mol. The van der Waals surface area contributed by atoms with Crippen molar-refractivity contribution in [2.75, 3.05) is 18.6 Å². The Labute approximate surface area is 123 Å². The minimum atomic E-state index is -0.300. The van der Waals surface area contributed by atoms with Crippen LogP contribution in [0, 0.1) is 9.39 Å². The standard InChI is InChI=1S/C13H12F2IN3/c1-18-6-8(14)4-11-13(18)19(7-17-11)12-3-2-9(16)5-10(12)15/h2-6,13,17H,7H2,1H3. The van der Waals surface area contributed by atoms with Gasteiger partial charge in [-0.05, 0) is 46.9 Å². The summed E-state index contributed by atoms with van der Waals surface area (Å²) in [6.45, 7) is 0.458. The predicted molar refractivity (Wildman–Crippen MR) is 78.4 cm³/mol. The van der Waals surface area contributed by atoms with Crippen molar-refractivity contribution in [3.63, 3.8) is 0 Å². The van der Waals surface area contributed by atoms with E-state index in [1.807, 2.05) is 11.0 Å². The molecule has 3 rings (SSSR count). The fourth-order valence-corrected chi connectivity index (χ4v) is 2.92. The first-order valence-electron chi connectivity index (χ1n) is 5.82. The monoisotopic (exact) mass is 375 g/mol. The zero-order chi connectivity index (χ0) is 13.6. The second kappa shape index (κ2) is 4.66. The van der Waals surface area contributed by atoms with E-state index >= 15 is 0 Å². The Kier molecular flexibility index (Phi) is 3.12. The van der Waals surface area contributed by atoms with Gasteiger partial charge in [0.05, 0.1) is 18.1 Å². The van der Waals surface area contributed by atoms with Crippen LogP contribution in [0.25, 0.3) is 0 Å². The lowest BCUT2D eigenvalue weighted by Crippen LogP contribution is -2.42. The highest BCUT2D eigenvalue weighted by molar-refractivity contribution is 14.1. The van der Waals surface area contributed by atoms with E-state index in [2.05, 4.69) is 27.9 Å². The largest absolute Gasteiger partial charge is 0.368 e. The van der Waals surface area contributed by atoms with Gasteiger partial charge in [-0.1, -0.05) is 0 Å². The molecule has 6 heteroatoms. The Hall–Kier alpha value is -1.31. The Balaban J connectivity index is 1.98. The molecule has 0 aromatic heterocycles. The summed E-state index contributed by atoms with van der Waals surface area (Å²) in [6, 6.07) is 5.11. The summed E-state index contributed by atoms with van der Waals surface area (Å²) in [5.41, 5.74) is 1.27. The first-order valence-corrected chi connectivity index (χ1v) is 6.90. The van der Waals surface area contributed by atoms with E-state index in [-0.39, 0.29) is 17.8 Å². The highest BCUT2D eigenvalue weighted by atomic mass is 127. The molecule has 1 aromatic rings. The van der Waals surface area contributed by atoms with Crippen LogP contribution in [0.1, 0.15) is 0 Å². The molecule has 19 heavy (non-hydrogen) atoms. The average Bonchev–Trinajstić information content (AvgIpc) is 2.72. The topological polar surface area (TPSA) is 18.5 Å². The third-order valence-corrected chi connectivity index (χ3v) is 3.92. The molecule has 3 nitrogen and oxygen atoms in total. The normalized spacial score (nSPS) is 21.8. The maximum atomic E-state index is 14.1. The highest BCUT2D eigenvalue weighted by Gasteiger charge is 2.35. The van der Waals surface area contributed by atoms with Gasteiger partial charge in [-0.15, -0.1) is 0 Å². The van der Waals surface area contributed by atoms with Crippen LogP contribution < -0.4 is 10.2 Å². The van der Waals surface area contributed by atoms with E-state index in [9.17, 15) is 8.78 Å². The number of anilines is 1. The molecule has 0 saturated carbocycles. The molecule has 1 saturated heterocycles. The average molecular weight is 375 g/mol. The SMILES string of the molecule is CN1C=C(F)C=C2NCN(c3ccc(I)cc3F)C21. The number of hydrogen-bond acceptors (Lipinski definition) is 3. The number of nitrogens with zero attached hydrogens (tertiary/aromatic N) is 2. The van der Waals surface area contributed by atoms with Gasteiger partial charge in [0, 0.05) is 16.8 Å². The van der Waals surface area contributed by atoms with Gasteiger partial charge in [0.2, 0.25) is 0 Å². The smallest absolute Gasteiger partial charge is 0.147 e. The van der Waals surface area contributed by atoms with Crippen LogP contribution in [-0.4, -0.2) is 24.8 Å². The number of rotatable bonds is 1. The van der Waals surface area contributed by atoms with Crippen LogP contribution in [0.2, 0.25) is 0 Å². The van der Waals surface area contributed by atoms with Gasteiger partial charge in [0.25, 0.3) is 0 Å². The van der Waals surface area contributed by atoms with Crippen molar-refractivity contribution in [3.05, 3.63) is 51.4 Å². The van der Waals surface area contributed by atoms with Crippen molar-refractivity contribution in [2.45, 2.75) is 6.17 Å².